The molecule has 3 N–H and O–H groups in total. The fraction of sp³-hybridized carbons (Fsp3) is 0.556. The first-order chi connectivity index (χ1) is 11.4. The Morgan fingerprint density at radius 3 is 2.25 bits per heavy atom. The summed E-state index contributed by atoms with van der Waals surface area (Å²) >= 11 is 6.75. The van der Waals surface area contributed by atoms with Gasteiger partial charge >= 0.3 is 0 Å². The van der Waals surface area contributed by atoms with E-state index in [1.54, 1.807) is 0 Å². The third-order valence-corrected chi connectivity index (χ3v) is 6.33. The Morgan fingerprint density at radius 2 is 1.67 bits per heavy atom. The Labute approximate surface area is 145 Å². The van der Waals surface area contributed by atoms with Crippen LogP contribution < -0.4 is 10.9 Å². The third-order valence-electron chi connectivity index (χ3n) is 5.89. The van der Waals surface area contributed by atoms with E-state index in [0.717, 1.165) is 25.7 Å². The predicted octanol–water partition coefficient (Wildman–Crippen LogP) is 2.73. The number of benzene rings is 1. The molecule has 6 heteroatoms. The Bertz CT molecular complexity index is 674. The molecule has 4 bridgehead atoms. The van der Waals surface area contributed by atoms with Gasteiger partial charge < -0.3 is 5.11 Å². The van der Waals surface area contributed by atoms with Crippen LogP contribution in [0.3, 0.4) is 0 Å². The summed E-state index contributed by atoms with van der Waals surface area (Å²) in [5.41, 5.74) is 5.05. The lowest BCUT2D eigenvalue weighted by Gasteiger charge is -2.59. The van der Waals surface area contributed by atoms with Gasteiger partial charge in [-0.3, -0.25) is 20.4 Å². The highest BCUT2D eigenvalue weighted by atomic mass is 35.5. The summed E-state index contributed by atoms with van der Waals surface area (Å²) in [6.45, 7) is 0. The van der Waals surface area contributed by atoms with Gasteiger partial charge in [0.15, 0.2) is 0 Å². The number of carbonyl (C=O) groups excluding carboxylic acids is 2. The van der Waals surface area contributed by atoms with Crippen molar-refractivity contribution in [2.24, 2.45) is 17.3 Å². The van der Waals surface area contributed by atoms with Crippen LogP contribution in [0.4, 0.5) is 0 Å². The van der Waals surface area contributed by atoms with Crippen LogP contribution in [0.5, 0.6) is 5.75 Å². The topological polar surface area (TPSA) is 78.4 Å². The molecule has 0 spiro atoms. The molecule has 0 saturated heterocycles. The second-order valence-corrected chi connectivity index (χ2v) is 8.65. The first-order valence-electron chi connectivity index (χ1n) is 8.46. The summed E-state index contributed by atoms with van der Waals surface area (Å²) < 4.78 is 0. The molecule has 4 saturated carbocycles. The van der Waals surface area contributed by atoms with Crippen molar-refractivity contribution in [1.29, 1.82) is 0 Å². The lowest BCUT2D eigenvalue weighted by Crippen LogP contribution is -2.60. The zero-order chi connectivity index (χ0) is 16.9. The minimum absolute atomic E-state index is 0.0940. The van der Waals surface area contributed by atoms with Crippen molar-refractivity contribution in [3.8, 4) is 5.75 Å². The molecule has 1 aromatic carbocycles. The van der Waals surface area contributed by atoms with Crippen molar-refractivity contribution in [1.82, 2.24) is 10.9 Å². The quantitative estimate of drug-likeness (QED) is 0.568. The highest BCUT2D eigenvalue weighted by Gasteiger charge is 2.60. The second kappa shape index (κ2) is 5.38. The van der Waals surface area contributed by atoms with Crippen LogP contribution in [-0.2, 0) is 4.79 Å². The Hall–Kier alpha value is -1.75. The Kier molecular flexibility index (Phi) is 3.53. The van der Waals surface area contributed by atoms with Crippen LogP contribution in [0.25, 0.3) is 0 Å². The van der Waals surface area contributed by atoms with Crippen LogP contribution >= 0.6 is 11.6 Å². The van der Waals surface area contributed by atoms with Crippen LogP contribution in [0.1, 0.15) is 48.9 Å². The summed E-state index contributed by atoms with van der Waals surface area (Å²) in [5, 5.41) is 9.26. The van der Waals surface area contributed by atoms with Gasteiger partial charge in [-0.1, -0.05) is 0 Å². The summed E-state index contributed by atoms with van der Waals surface area (Å²) in [5.74, 6) is 0.642. The largest absolute Gasteiger partial charge is 0.508 e. The van der Waals surface area contributed by atoms with E-state index in [1.807, 2.05) is 0 Å². The summed E-state index contributed by atoms with van der Waals surface area (Å²) in [6.07, 6.45) is 5.66. The fourth-order valence-electron chi connectivity index (χ4n) is 5.35. The molecule has 4 aliphatic rings. The number of halogens is 1. The number of rotatable bonds is 2. The summed E-state index contributed by atoms with van der Waals surface area (Å²) in [4.78, 5) is 24.7. The Morgan fingerprint density at radius 1 is 1.04 bits per heavy atom. The van der Waals surface area contributed by atoms with Gasteiger partial charge in [-0.15, -0.1) is 11.6 Å². The van der Waals surface area contributed by atoms with Gasteiger partial charge in [-0.05, 0) is 74.6 Å². The van der Waals surface area contributed by atoms with Crippen molar-refractivity contribution < 1.29 is 14.7 Å². The highest BCUT2D eigenvalue weighted by molar-refractivity contribution is 6.24. The third kappa shape index (κ3) is 2.65. The number of amides is 2. The van der Waals surface area contributed by atoms with Crippen molar-refractivity contribution in [2.45, 2.75) is 43.4 Å². The maximum atomic E-state index is 12.8. The monoisotopic (exact) mass is 348 g/mol. The normalized spacial score (nSPS) is 36.4. The lowest BCUT2D eigenvalue weighted by atomic mass is 9.49. The van der Waals surface area contributed by atoms with E-state index < -0.39 is 11.3 Å². The van der Waals surface area contributed by atoms with Gasteiger partial charge in [0.25, 0.3) is 5.91 Å². The molecule has 0 aromatic heterocycles. The van der Waals surface area contributed by atoms with Crippen molar-refractivity contribution in [2.75, 3.05) is 0 Å². The molecule has 128 valence electrons. The molecule has 1 aromatic rings. The van der Waals surface area contributed by atoms with E-state index in [4.69, 9.17) is 11.6 Å². The predicted molar refractivity (Wildman–Crippen MR) is 89.4 cm³/mol. The minimum atomic E-state index is -0.436. The molecule has 2 amide bonds. The van der Waals surface area contributed by atoms with Gasteiger partial charge in [0.05, 0.1) is 5.41 Å². The molecule has 0 heterocycles. The second-order valence-electron chi connectivity index (χ2n) is 7.85. The summed E-state index contributed by atoms with van der Waals surface area (Å²) in [7, 11) is 0. The van der Waals surface area contributed by atoms with Crippen LogP contribution in [-0.4, -0.2) is 21.8 Å². The first-order valence-corrected chi connectivity index (χ1v) is 8.84. The van der Waals surface area contributed by atoms with Crippen LogP contribution in [0, 0.1) is 17.3 Å². The van der Waals surface area contributed by atoms with Crippen LogP contribution in [0.2, 0.25) is 0 Å². The average molecular weight is 349 g/mol. The van der Waals surface area contributed by atoms with Crippen molar-refractivity contribution >= 4 is 23.4 Å². The molecule has 5 rings (SSSR count). The summed E-state index contributed by atoms with van der Waals surface area (Å²) in [6, 6.07) is 5.89. The standard InChI is InChI=1S/C18H21ClN2O3/c19-18-8-11-5-12(9-18)7-17(6-11,10-18)16(24)21-20-15(23)13-1-3-14(22)4-2-13/h1-4,11-12,22H,5-10H2,(H,20,23)(H,21,24)/t11-,12+,17?,18?. The zero-order valence-electron chi connectivity index (χ0n) is 13.3. The SMILES string of the molecule is O=C(NNC(=O)C12C[C@@H]3C[C@@H](CC(Cl)(C3)C1)C2)c1ccc(O)cc1. The van der Waals surface area contributed by atoms with E-state index in [-0.39, 0.29) is 16.5 Å². The average Bonchev–Trinajstić information content (AvgIpc) is 2.50. The van der Waals surface area contributed by atoms with E-state index >= 15 is 0 Å². The molecule has 0 radical (unpaired) electrons. The molecule has 5 nitrogen and oxygen atoms in total. The molecule has 0 aliphatic heterocycles. The zero-order valence-corrected chi connectivity index (χ0v) is 14.1. The number of aromatic hydroxyl groups is 1. The Balaban J connectivity index is 1.43. The van der Waals surface area contributed by atoms with E-state index in [9.17, 15) is 14.7 Å². The van der Waals surface area contributed by atoms with Gasteiger partial charge in [0.2, 0.25) is 5.91 Å². The number of alkyl halides is 1. The maximum absolute atomic E-state index is 12.8. The highest BCUT2D eigenvalue weighted by Crippen LogP contribution is 2.63. The first kappa shape index (κ1) is 15.8. The van der Waals surface area contributed by atoms with Gasteiger partial charge in [-0.25, -0.2) is 0 Å². The minimum Gasteiger partial charge on any atom is -0.508 e. The molecule has 2 unspecified atom stereocenters. The number of phenols is 1. The van der Waals surface area contributed by atoms with Gasteiger partial charge in [0, 0.05) is 10.4 Å². The molecule has 4 fully saturated rings. The van der Waals surface area contributed by atoms with E-state index in [1.165, 1.54) is 30.7 Å². The number of carbonyl (C=O) groups is 2. The number of hydrogen-bond acceptors (Lipinski definition) is 3. The van der Waals surface area contributed by atoms with Gasteiger partial charge in [0.1, 0.15) is 5.75 Å². The molecule has 24 heavy (non-hydrogen) atoms. The molecule has 4 atom stereocenters. The molecule has 4 aliphatic carbocycles. The molecular formula is C18H21ClN2O3. The smallest absolute Gasteiger partial charge is 0.269 e. The fourth-order valence-corrected chi connectivity index (χ4v) is 6.04. The number of hydrazine groups is 1. The van der Waals surface area contributed by atoms with Gasteiger partial charge in [-0.2, -0.15) is 0 Å². The number of hydrogen-bond donors (Lipinski definition) is 3. The van der Waals surface area contributed by atoms with Crippen molar-refractivity contribution in [3.05, 3.63) is 29.8 Å². The maximum Gasteiger partial charge on any atom is 0.269 e. The molecular weight excluding hydrogens is 328 g/mol. The van der Waals surface area contributed by atoms with E-state index in [0.29, 0.717) is 23.8 Å². The van der Waals surface area contributed by atoms with Crippen LogP contribution in [0.15, 0.2) is 24.3 Å². The number of nitrogens with one attached hydrogen (secondary N) is 2. The van der Waals surface area contributed by atoms with E-state index in [2.05, 4.69) is 10.9 Å². The number of phenolic OH excluding ortho intramolecular Hbond substituents is 1. The lowest BCUT2D eigenvalue weighted by molar-refractivity contribution is -0.145. The van der Waals surface area contributed by atoms with Crippen molar-refractivity contribution in [3.63, 3.8) is 0 Å².